The second-order valence-corrected chi connectivity index (χ2v) is 11.0. The van der Waals surface area contributed by atoms with Crippen LogP contribution >= 0.6 is 0 Å². The highest BCUT2D eigenvalue weighted by Gasteiger charge is 2.14. The van der Waals surface area contributed by atoms with Gasteiger partial charge in [-0.2, -0.15) is 8.42 Å². The van der Waals surface area contributed by atoms with Crippen molar-refractivity contribution in [3.05, 3.63) is 83.3 Å². The molecule has 3 aromatic carbocycles. The van der Waals surface area contributed by atoms with Crippen molar-refractivity contribution in [3.63, 3.8) is 0 Å². The quantitative estimate of drug-likeness (QED) is 0.102. The fraction of sp³-hybridized carbons (Fsp3) is 0.300. The molecule has 0 saturated carbocycles. The van der Waals surface area contributed by atoms with Crippen LogP contribution in [0.5, 0.6) is 5.75 Å². The first-order valence-electron chi connectivity index (χ1n) is 13.1. The van der Waals surface area contributed by atoms with E-state index in [1.165, 1.54) is 12.1 Å². The Morgan fingerprint density at radius 2 is 1.51 bits per heavy atom. The number of anilines is 1. The molecule has 10 nitrogen and oxygen atoms in total. The van der Waals surface area contributed by atoms with Crippen molar-refractivity contribution in [2.24, 2.45) is 5.18 Å². The Morgan fingerprint density at radius 1 is 0.805 bits per heavy atom. The zero-order chi connectivity index (χ0) is 29.2. The predicted octanol–water partition coefficient (Wildman–Crippen LogP) is 5.49. The summed E-state index contributed by atoms with van der Waals surface area (Å²) < 4.78 is 46.0. The molecule has 0 spiro atoms. The molecule has 4 aromatic rings. The minimum absolute atomic E-state index is 0.0969. The lowest BCUT2D eigenvalue weighted by Crippen LogP contribution is -2.14. The number of ether oxygens (including phenoxy) is 3. The van der Waals surface area contributed by atoms with E-state index in [1.807, 2.05) is 50.2 Å². The van der Waals surface area contributed by atoms with Gasteiger partial charge in [0.15, 0.2) is 0 Å². The highest BCUT2D eigenvalue weighted by Crippen LogP contribution is 2.33. The lowest BCUT2D eigenvalue weighted by Gasteiger charge is -2.13. The van der Waals surface area contributed by atoms with Crippen LogP contribution in [0, 0.1) is 11.8 Å². The third-order valence-electron chi connectivity index (χ3n) is 6.18. The molecule has 0 amide bonds. The van der Waals surface area contributed by atoms with Gasteiger partial charge in [-0.1, -0.05) is 29.8 Å². The fourth-order valence-corrected chi connectivity index (χ4v) is 4.82. The molecule has 1 heterocycles. The molecule has 0 radical (unpaired) electrons. The van der Waals surface area contributed by atoms with E-state index < -0.39 is 10.1 Å². The monoisotopic (exact) mass is 579 g/mol. The second kappa shape index (κ2) is 14.1. The maximum Gasteiger partial charge on any atom is 0.297 e. The van der Waals surface area contributed by atoms with Crippen LogP contribution in [0.25, 0.3) is 22.2 Å². The van der Waals surface area contributed by atoms with E-state index in [4.69, 9.17) is 23.4 Å². The number of nitrogens with zero attached hydrogens (tertiary/aromatic N) is 3. The summed E-state index contributed by atoms with van der Waals surface area (Å²) in [5, 5.41) is 4.09. The van der Waals surface area contributed by atoms with E-state index in [0.717, 1.165) is 33.4 Å². The molecule has 0 bridgehead atoms. The van der Waals surface area contributed by atoms with Gasteiger partial charge >= 0.3 is 0 Å². The van der Waals surface area contributed by atoms with Crippen molar-refractivity contribution in [2.45, 2.75) is 11.8 Å². The van der Waals surface area contributed by atoms with E-state index in [1.54, 1.807) is 30.3 Å². The summed E-state index contributed by atoms with van der Waals surface area (Å²) in [5.74, 6) is 0.342. The zero-order valence-electron chi connectivity index (χ0n) is 23.3. The first-order chi connectivity index (χ1) is 19.8. The van der Waals surface area contributed by atoms with Crippen LogP contribution in [0.2, 0.25) is 0 Å². The Labute approximate surface area is 239 Å². The normalized spacial score (nSPS) is 11.5. The summed E-state index contributed by atoms with van der Waals surface area (Å²) in [6, 6.07) is 21.6. The zero-order valence-corrected chi connectivity index (χ0v) is 24.1. The van der Waals surface area contributed by atoms with Crippen molar-refractivity contribution in [3.8, 4) is 17.0 Å². The number of hydrogen-bond acceptors (Lipinski definition) is 10. The third-order valence-corrected chi connectivity index (χ3v) is 7.50. The first kappa shape index (κ1) is 30.1. The minimum Gasteiger partial charge on any atom is -0.489 e. The number of nitroso groups, excluding NO2 is 1. The van der Waals surface area contributed by atoms with Gasteiger partial charge in [0.05, 0.1) is 49.1 Å². The van der Waals surface area contributed by atoms with Crippen LogP contribution in [-0.4, -0.2) is 67.1 Å². The number of hydrogen-bond donors (Lipinski definition) is 0. The summed E-state index contributed by atoms with van der Waals surface area (Å²) in [7, 11) is 0.174. The summed E-state index contributed by atoms with van der Waals surface area (Å²) in [4.78, 5) is 18.2. The first-order valence-corrected chi connectivity index (χ1v) is 14.5. The summed E-state index contributed by atoms with van der Waals surface area (Å²) in [6.45, 7) is 2.88. The van der Waals surface area contributed by atoms with Crippen molar-refractivity contribution in [2.75, 3.05) is 58.6 Å². The molecule has 0 aliphatic rings. The van der Waals surface area contributed by atoms with Crippen LogP contribution in [0.3, 0.4) is 0 Å². The van der Waals surface area contributed by atoms with Gasteiger partial charge in [0.25, 0.3) is 10.1 Å². The topological polar surface area (TPSA) is 117 Å². The molecule has 0 aliphatic heterocycles. The molecule has 0 N–H and O–H groups in total. The molecule has 11 heteroatoms. The molecule has 0 atom stereocenters. The van der Waals surface area contributed by atoms with Crippen molar-refractivity contribution >= 4 is 32.4 Å². The molecule has 0 saturated heterocycles. The Bertz CT molecular complexity index is 1580. The maximum absolute atomic E-state index is 12.2. The lowest BCUT2D eigenvalue weighted by atomic mass is 10.1. The Kier molecular flexibility index (Phi) is 10.4. The SMILES string of the molecule is Cc1ccc(S(=O)(=O)OCCOCCOCCOc2cc(-c3ccc4cc(N(C)C)ccc4n3)ccc2N=O)cc1. The van der Waals surface area contributed by atoms with Crippen molar-refractivity contribution in [1.82, 2.24) is 4.98 Å². The highest BCUT2D eigenvalue weighted by atomic mass is 32.2. The van der Waals surface area contributed by atoms with Gasteiger partial charge in [-0.25, -0.2) is 4.98 Å². The van der Waals surface area contributed by atoms with Gasteiger partial charge < -0.3 is 19.1 Å². The highest BCUT2D eigenvalue weighted by molar-refractivity contribution is 7.86. The van der Waals surface area contributed by atoms with Crippen LogP contribution in [-0.2, 0) is 23.8 Å². The fourth-order valence-electron chi connectivity index (χ4n) is 3.92. The van der Waals surface area contributed by atoms with E-state index in [2.05, 4.69) is 11.2 Å². The molecular formula is C30H33N3O7S. The van der Waals surface area contributed by atoms with Gasteiger partial charge in [0.1, 0.15) is 18.0 Å². The molecule has 41 heavy (non-hydrogen) atoms. The van der Waals surface area contributed by atoms with Gasteiger partial charge in [-0.3, -0.25) is 4.18 Å². The Balaban J connectivity index is 1.20. The van der Waals surface area contributed by atoms with Gasteiger partial charge in [-0.15, -0.1) is 4.91 Å². The van der Waals surface area contributed by atoms with Crippen LogP contribution in [0.1, 0.15) is 5.56 Å². The van der Waals surface area contributed by atoms with Crippen LogP contribution in [0.4, 0.5) is 11.4 Å². The summed E-state index contributed by atoms with van der Waals surface area (Å²) in [6.07, 6.45) is 0. The standard InChI is InChI=1S/C30H33N3O7S/c1-22-4-9-26(10-5-22)41(35,36)40-19-17-38-15-14-37-16-18-39-30-21-24(7-12-29(30)32-34)27-11-6-23-20-25(33(2)3)8-13-28(23)31-27/h4-13,20-21H,14-19H2,1-3H3. The Hall–Kier alpha value is -3.90. The molecular weight excluding hydrogens is 546 g/mol. The van der Waals surface area contributed by atoms with Crippen LogP contribution in [0.15, 0.2) is 82.9 Å². The van der Waals surface area contributed by atoms with Gasteiger partial charge in [0, 0.05) is 30.7 Å². The smallest absolute Gasteiger partial charge is 0.297 e. The lowest BCUT2D eigenvalue weighted by molar-refractivity contribution is 0.0280. The van der Waals surface area contributed by atoms with E-state index in [0.29, 0.717) is 5.75 Å². The Morgan fingerprint density at radius 3 is 2.22 bits per heavy atom. The molecule has 1 aromatic heterocycles. The van der Waals surface area contributed by atoms with E-state index in [-0.39, 0.29) is 50.2 Å². The number of aryl methyl sites for hydroxylation is 1. The van der Waals surface area contributed by atoms with Gasteiger partial charge in [0.2, 0.25) is 0 Å². The molecule has 4 rings (SSSR count). The number of benzene rings is 3. The number of aromatic nitrogens is 1. The molecule has 0 unspecified atom stereocenters. The van der Waals surface area contributed by atoms with E-state index >= 15 is 0 Å². The van der Waals surface area contributed by atoms with Crippen molar-refractivity contribution in [1.29, 1.82) is 0 Å². The molecule has 216 valence electrons. The van der Waals surface area contributed by atoms with Crippen molar-refractivity contribution < 1.29 is 26.8 Å². The number of pyridine rings is 1. The van der Waals surface area contributed by atoms with Crippen LogP contribution < -0.4 is 9.64 Å². The minimum atomic E-state index is -3.81. The van der Waals surface area contributed by atoms with Gasteiger partial charge in [-0.05, 0) is 60.6 Å². The maximum atomic E-state index is 12.2. The predicted molar refractivity (Wildman–Crippen MR) is 158 cm³/mol. The third kappa shape index (κ3) is 8.30. The van der Waals surface area contributed by atoms with E-state index in [9.17, 15) is 13.3 Å². The summed E-state index contributed by atoms with van der Waals surface area (Å²) >= 11 is 0. The summed E-state index contributed by atoms with van der Waals surface area (Å²) in [5.41, 5.74) is 4.66. The average molecular weight is 580 g/mol. The number of rotatable bonds is 15. The number of fused-ring (bicyclic) bond motifs is 1. The largest absolute Gasteiger partial charge is 0.489 e. The second-order valence-electron chi connectivity index (χ2n) is 9.40. The average Bonchev–Trinajstić information content (AvgIpc) is 2.97. The molecule has 0 fully saturated rings. The molecule has 0 aliphatic carbocycles.